The second kappa shape index (κ2) is 4.39. The van der Waals surface area contributed by atoms with Crippen LogP contribution in [0.4, 0.5) is 5.95 Å². The average Bonchev–Trinajstić information content (AvgIpc) is 2.65. The lowest BCUT2D eigenvalue weighted by Gasteiger charge is -2.07. The Balaban J connectivity index is 1.95. The molecule has 2 rings (SSSR count). The Kier molecular flexibility index (Phi) is 2.96. The molecule has 0 aliphatic carbocycles. The molecule has 1 atom stereocenters. The van der Waals surface area contributed by atoms with Gasteiger partial charge in [-0.25, -0.2) is 4.79 Å². The molecule has 0 amide bonds. The zero-order chi connectivity index (χ0) is 10.7. The highest BCUT2D eigenvalue weighted by Gasteiger charge is 2.15. The van der Waals surface area contributed by atoms with E-state index >= 15 is 0 Å². The molecule has 1 unspecified atom stereocenters. The zero-order valence-corrected chi connectivity index (χ0v) is 8.40. The second-order valence-corrected chi connectivity index (χ2v) is 3.63. The number of ether oxygens (including phenoxy) is 1. The Labute approximate surface area is 86.9 Å². The molecule has 6 nitrogen and oxygen atoms in total. The number of hydrogen-bond donors (Lipinski definition) is 2. The maximum Gasteiger partial charge on any atom is 0.349 e. The quantitative estimate of drug-likeness (QED) is 0.724. The van der Waals surface area contributed by atoms with Gasteiger partial charge in [-0.3, -0.25) is 4.98 Å². The summed E-state index contributed by atoms with van der Waals surface area (Å²) in [7, 11) is 0. The third-order valence-corrected chi connectivity index (χ3v) is 2.44. The molecule has 1 saturated heterocycles. The molecule has 1 aliphatic rings. The number of rotatable bonds is 3. The topological polar surface area (TPSA) is 93.9 Å². The standard InChI is InChI=1S/C9H14N4O2/c10-8-11-7(12-9(14)13-8)4-3-6-2-1-5-15-6/h6H,1-5H2,(H3,10,11,12,13,14). The van der Waals surface area contributed by atoms with E-state index in [-0.39, 0.29) is 5.95 Å². The summed E-state index contributed by atoms with van der Waals surface area (Å²) in [6.45, 7) is 0.840. The zero-order valence-electron chi connectivity index (χ0n) is 8.40. The predicted octanol–water partition coefficient (Wildman–Crippen LogP) is -0.141. The summed E-state index contributed by atoms with van der Waals surface area (Å²) in [6.07, 6.45) is 4.04. The number of nitrogens with one attached hydrogen (secondary N) is 1. The van der Waals surface area contributed by atoms with Crippen LogP contribution in [0.3, 0.4) is 0 Å². The monoisotopic (exact) mass is 210 g/mol. The van der Waals surface area contributed by atoms with Crippen LogP contribution in [0.1, 0.15) is 25.1 Å². The fraction of sp³-hybridized carbons (Fsp3) is 0.667. The van der Waals surface area contributed by atoms with Crippen molar-refractivity contribution in [3.63, 3.8) is 0 Å². The fourth-order valence-corrected chi connectivity index (χ4v) is 1.73. The summed E-state index contributed by atoms with van der Waals surface area (Å²) in [6, 6.07) is 0. The molecule has 1 aromatic rings. The Morgan fingerprint density at radius 2 is 2.40 bits per heavy atom. The lowest BCUT2D eigenvalue weighted by atomic mass is 10.1. The van der Waals surface area contributed by atoms with E-state index in [1.807, 2.05) is 0 Å². The molecular formula is C9H14N4O2. The van der Waals surface area contributed by atoms with E-state index < -0.39 is 5.69 Å². The molecule has 1 aliphatic heterocycles. The number of nitrogen functional groups attached to an aromatic ring is 1. The van der Waals surface area contributed by atoms with E-state index in [4.69, 9.17) is 10.5 Å². The van der Waals surface area contributed by atoms with Gasteiger partial charge in [0.25, 0.3) is 0 Å². The molecule has 0 aromatic carbocycles. The number of aryl methyl sites for hydroxylation is 1. The minimum atomic E-state index is -0.440. The molecule has 82 valence electrons. The Hall–Kier alpha value is -1.43. The van der Waals surface area contributed by atoms with E-state index in [0.29, 0.717) is 18.3 Å². The Bertz CT molecular complexity index is 384. The van der Waals surface area contributed by atoms with Crippen LogP contribution >= 0.6 is 0 Å². The van der Waals surface area contributed by atoms with Crippen molar-refractivity contribution in [3.05, 3.63) is 16.3 Å². The highest BCUT2D eigenvalue weighted by molar-refractivity contribution is 5.12. The normalized spacial score (nSPS) is 20.7. The fourth-order valence-electron chi connectivity index (χ4n) is 1.73. The number of hydrogen-bond acceptors (Lipinski definition) is 5. The van der Waals surface area contributed by atoms with Crippen LogP contribution in [0.15, 0.2) is 4.79 Å². The van der Waals surface area contributed by atoms with Gasteiger partial charge in [-0.15, -0.1) is 0 Å². The number of anilines is 1. The third kappa shape index (κ3) is 2.76. The number of aromatic amines is 1. The highest BCUT2D eigenvalue weighted by Crippen LogP contribution is 2.16. The molecule has 6 heteroatoms. The first-order valence-electron chi connectivity index (χ1n) is 5.08. The molecule has 15 heavy (non-hydrogen) atoms. The number of H-pyrrole nitrogens is 1. The first-order valence-corrected chi connectivity index (χ1v) is 5.08. The van der Waals surface area contributed by atoms with Crippen molar-refractivity contribution < 1.29 is 4.74 Å². The van der Waals surface area contributed by atoms with Crippen molar-refractivity contribution in [2.75, 3.05) is 12.3 Å². The largest absolute Gasteiger partial charge is 0.378 e. The first kappa shape index (κ1) is 10.1. The van der Waals surface area contributed by atoms with Gasteiger partial charge in [0.1, 0.15) is 5.82 Å². The van der Waals surface area contributed by atoms with Gasteiger partial charge >= 0.3 is 5.69 Å². The van der Waals surface area contributed by atoms with Crippen molar-refractivity contribution in [2.24, 2.45) is 0 Å². The molecule has 0 spiro atoms. The van der Waals surface area contributed by atoms with E-state index in [9.17, 15) is 4.79 Å². The molecular weight excluding hydrogens is 196 g/mol. The summed E-state index contributed by atoms with van der Waals surface area (Å²) < 4.78 is 5.47. The lowest BCUT2D eigenvalue weighted by molar-refractivity contribution is 0.104. The molecule has 0 bridgehead atoms. The predicted molar refractivity (Wildman–Crippen MR) is 54.4 cm³/mol. The van der Waals surface area contributed by atoms with Crippen LogP contribution in [0.2, 0.25) is 0 Å². The molecule has 1 aromatic heterocycles. The maximum absolute atomic E-state index is 11.0. The van der Waals surface area contributed by atoms with Crippen molar-refractivity contribution in [2.45, 2.75) is 31.8 Å². The van der Waals surface area contributed by atoms with Gasteiger partial charge in [-0.2, -0.15) is 9.97 Å². The summed E-state index contributed by atoms with van der Waals surface area (Å²) in [5.74, 6) is 0.615. The smallest absolute Gasteiger partial charge is 0.349 e. The number of nitrogens with two attached hydrogens (primary N) is 1. The Morgan fingerprint density at radius 3 is 3.07 bits per heavy atom. The summed E-state index contributed by atoms with van der Waals surface area (Å²) in [5, 5.41) is 0. The number of aromatic nitrogens is 3. The van der Waals surface area contributed by atoms with Crippen LogP contribution in [0.5, 0.6) is 0 Å². The van der Waals surface area contributed by atoms with Crippen LogP contribution in [-0.2, 0) is 11.2 Å². The van der Waals surface area contributed by atoms with Crippen molar-refractivity contribution >= 4 is 5.95 Å². The third-order valence-electron chi connectivity index (χ3n) is 2.44. The molecule has 0 radical (unpaired) electrons. The highest BCUT2D eigenvalue weighted by atomic mass is 16.5. The van der Waals surface area contributed by atoms with E-state index in [1.165, 1.54) is 0 Å². The summed E-state index contributed by atoms with van der Waals surface area (Å²) in [5.41, 5.74) is 4.93. The van der Waals surface area contributed by atoms with Crippen LogP contribution < -0.4 is 11.4 Å². The van der Waals surface area contributed by atoms with Gasteiger partial charge < -0.3 is 10.5 Å². The van der Waals surface area contributed by atoms with Crippen LogP contribution in [0.25, 0.3) is 0 Å². The molecule has 0 saturated carbocycles. The van der Waals surface area contributed by atoms with Gasteiger partial charge in [0.15, 0.2) is 0 Å². The minimum absolute atomic E-state index is 0.0288. The van der Waals surface area contributed by atoms with Crippen molar-refractivity contribution in [1.29, 1.82) is 0 Å². The van der Waals surface area contributed by atoms with Crippen LogP contribution in [-0.4, -0.2) is 27.7 Å². The second-order valence-electron chi connectivity index (χ2n) is 3.63. The van der Waals surface area contributed by atoms with Gasteiger partial charge in [-0.1, -0.05) is 0 Å². The van der Waals surface area contributed by atoms with Gasteiger partial charge in [0.05, 0.1) is 6.10 Å². The molecule has 2 heterocycles. The summed E-state index contributed by atoms with van der Waals surface area (Å²) in [4.78, 5) is 20.9. The van der Waals surface area contributed by atoms with Crippen molar-refractivity contribution in [1.82, 2.24) is 15.0 Å². The lowest BCUT2D eigenvalue weighted by Crippen LogP contribution is -2.18. The maximum atomic E-state index is 11.0. The molecule has 3 N–H and O–H groups in total. The van der Waals surface area contributed by atoms with Gasteiger partial charge in [-0.05, 0) is 19.3 Å². The van der Waals surface area contributed by atoms with E-state index in [1.54, 1.807) is 0 Å². The minimum Gasteiger partial charge on any atom is -0.378 e. The first-order chi connectivity index (χ1) is 7.24. The summed E-state index contributed by atoms with van der Waals surface area (Å²) >= 11 is 0. The average molecular weight is 210 g/mol. The SMILES string of the molecule is Nc1nc(CCC2CCCO2)[nH]c(=O)n1. The van der Waals surface area contributed by atoms with Crippen molar-refractivity contribution in [3.8, 4) is 0 Å². The van der Waals surface area contributed by atoms with E-state index in [0.717, 1.165) is 25.9 Å². The Morgan fingerprint density at radius 1 is 1.53 bits per heavy atom. The molecule has 1 fully saturated rings. The van der Waals surface area contributed by atoms with Gasteiger partial charge in [0.2, 0.25) is 5.95 Å². The number of nitrogens with zero attached hydrogens (tertiary/aromatic N) is 2. The van der Waals surface area contributed by atoms with Crippen LogP contribution in [0, 0.1) is 0 Å². The van der Waals surface area contributed by atoms with Gasteiger partial charge in [0, 0.05) is 13.0 Å². The van der Waals surface area contributed by atoms with E-state index in [2.05, 4.69) is 15.0 Å².